The fourth-order valence-electron chi connectivity index (χ4n) is 4.10. The molecule has 4 bridgehead atoms. The van der Waals surface area contributed by atoms with Crippen LogP contribution in [0.2, 0.25) is 0 Å². The number of nitriles is 1. The summed E-state index contributed by atoms with van der Waals surface area (Å²) < 4.78 is 0.885. The first kappa shape index (κ1) is 8.52. The van der Waals surface area contributed by atoms with E-state index in [4.69, 9.17) is 0 Å². The van der Waals surface area contributed by atoms with Crippen LogP contribution in [-0.2, 0) is 0 Å². The van der Waals surface area contributed by atoms with Crippen LogP contribution in [0, 0.1) is 34.5 Å². The molecular weight excluding hydrogens is 273 g/mol. The van der Waals surface area contributed by atoms with E-state index in [9.17, 15) is 5.26 Å². The monoisotopic (exact) mass is 287 g/mol. The molecule has 0 spiro atoms. The van der Waals surface area contributed by atoms with Gasteiger partial charge in [0.2, 0.25) is 0 Å². The third kappa shape index (κ3) is 1.09. The van der Waals surface area contributed by atoms with Crippen molar-refractivity contribution in [3.8, 4) is 6.07 Å². The first-order valence-electron chi connectivity index (χ1n) is 5.28. The average molecular weight is 287 g/mol. The molecule has 0 heterocycles. The lowest BCUT2D eigenvalue weighted by atomic mass is 9.50. The lowest BCUT2D eigenvalue weighted by Crippen LogP contribution is -2.50. The minimum atomic E-state index is 0.123. The number of alkyl halides is 1. The normalized spacial score (nSPS) is 57.8. The van der Waals surface area contributed by atoms with Gasteiger partial charge in [-0.3, -0.25) is 0 Å². The van der Waals surface area contributed by atoms with Crippen LogP contribution in [0.1, 0.15) is 32.1 Å². The number of hydrogen-bond acceptors (Lipinski definition) is 1. The molecule has 4 aliphatic carbocycles. The van der Waals surface area contributed by atoms with Crippen LogP contribution < -0.4 is 0 Å². The van der Waals surface area contributed by atoms with Gasteiger partial charge in [0.25, 0.3) is 0 Å². The van der Waals surface area contributed by atoms with Gasteiger partial charge in [-0.1, -0.05) is 22.6 Å². The van der Waals surface area contributed by atoms with Gasteiger partial charge in [0, 0.05) is 3.92 Å². The van der Waals surface area contributed by atoms with Gasteiger partial charge in [0.1, 0.15) is 0 Å². The molecule has 0 saturated heterocycles. The number of rotatable bonds is 0. The Balaban J connectivity index is 1.97. The van der Waals surface area contributed by atoms with Crippen molar-refractivity contribution < 1.29 is 0 Å². The molecule has 5 atom stereocenters. The van der Waals surface area contributed by atoms with Crippen molar-refractivity contribution in [3.63, 3.8) is 0 Å². The largest absolute Gasteiger partial charge is 0.198 e. The van der Waals surface area contributed by atoms with Gasteiger partial charge in [-0.15, -0.1) is 0 Å². The molecule has 1 nitrogen and oxygen atoms in total. The predicted octanol–water partition coefficient (Wildman–Crippen LogP) is 3.14. The van der Waals surface area contributed by atoms with Crippen LogP contribution in [-0.4, -0.2) is 3.92 Å². The Morgan fingerprint density at radius 2 is 1.77 bits per heavy atom. The van der Waals surface area contributed by atoms with E-state index >= 15 is 0 Å². The van der Waals surface area contributed by atoms with Gasteiger partial charge in [-0.25, -0.2) is 0 Å². The average Bonchev–Trinajstić information content (AvgIpc) is 2.13. The molecule has 70 valence electrons. The van der Waals surface area contributed by atoms with Crippen LogP contribution in [0.15, 0.2) is 0 Å². The summed E-state index contributed by atoms with van der Waals surface area (Å²) in [5.74, 6) is 2.67. The van der Waals surface area contributed by atoms with E-state index in [1.807, 2.05) is 0 Å². The van der Waals surface area contributed by atoms with Crippen molar-refractivity contribution in [1.82, 2.24) is 0 Å². The molecule has 0 amide bonds. The van der Waals surface area contributed by atoms with E-state index in [-0.39, 0.29) is 5.41 Å². The fraction of sp³-hybridized carbons (Fsp3) is 0.909. The van der Waals surface area contributed by atoms with Crippen molar-refractivity contribution in [2.75, 3.05) is 0 Å². The van der Waals surface area contributed by atoms with E-state index in [1.54, 1.807) is 0 Å². The summed E-state index contributed by atoms with van der Waals surface area (Å²) in [5.41, 5.74) is 0.123. The van der Waals surface area contributed by atoms with Gasteiger partial charge in [0.05, 0.1) is 11.5 Å². The minimum absolute atomic E-state index is 0.123. The van der Waals surface area contributed by atoms with Gasteiger partial charge >= 0.3 is 0 Å². The first-order chi connectivity index (χ1) is 6.22. The summed E-state index contributed by atoms with van der Waals surface area (Å²) in [6.07, 6.45) is 6.50. The molecule has 4 fully saturated rings. The predicted molar refractivity (Wildman–Crippen MR) is 59.4 cm³/mol. The third-order valence-electron chi connectivity index (χ3n) is 4.40. The molecular formula is C11H14IN. The Labute approximate surface area is 93.0 Å². The Morgan fingerprint density at radius 1 is 1.15 bits per heavy atom. The maximum absolute atomic E-state index is 9.27. The summed E-state index contributed by atoms with van der Waals surface area (Å²) in [6.45, 7) is 0. The molecule has 0 aromatic heterocycles. The second-order valence-corrected chi connectivity index (χ2v) is 6.74. The molecule has 3 unspecified atom stereocenters. The Bertz CT molecular complexity index is 264. The second kappa shape index (κ2) is 2.62. The van der Waals surface area contributed by atoms with Crippen molar-refractivity contribution >= 4 is 22.6 Å². The van der Waals surface area contributed by atoms with Crippen LogP contribution in [0.5, 0.6) is 0 Å². The smallest absolute Gasteiger partial charge is 0.0690 e. The Morgan fingerprint density at radius 3 is 2.31 bits per heavy atom. The lowest BCUT2D eigenvalue weighted by molar-refractivity contribution is -0.00868. The van der Waals surface area contributed by atoms with Gasteiger partial charge in [-0.05, 0) is 49.9 Å². The van der Waals surface area contributed by atoms with Gasteiger partial charge in [-0.2, -0.15) is 5.26 Å². The standard InChI is InChI=1S/C11H14IN/c12-10-8-1-7-2-9(10)5-11(3-7,4-8)6-13/h7-10H,1-5H2/t7?,8-,9+,10?,11?. The summed E-state index contributed by atoms with van der Waals surface area (Å²) >= 11 is 2.64. The van der Waals surface area contributed by atoms with E-state index < -0.39 is 0 Å². The van der Waals surface area contributed by atoms with E-state index in [2.05, 4.69) is 28.7 Å². The Hall–Kier alpha value is 0.220. The summed E-state index contributed by atoms with van der Waals surface area (Å²) in [4.78, 5) is 0. The summed E-state index contributed by atoms with van der Waals surface area (Å²) in [6, 6.07) is 2.63. The van der Waals surface area contributed by atoms with Gasteiger partial charge < -0.3 is 0 Å². The molecule has 0 aliphatic heterocycles. The topological polar surface area (TPSA) is 23.8 Å². The van der Waals surface area contributed by atoms with Crippen LogP contribution in [0.4, 0.5) is 0 Å². The van der Waals surface area contributed by atoms with Crippen LogP contribution in [0.25, 0.3) is 0 Å². The van der Waals surface area contributed by atoms with Crippen molar-refractivity contribution in [2.45, 2.75) is 36.0 Å². The highest BCUT2D eigenvalue weighted by Gasteiger charge is 2.54. The Kier molecular flexibility index (Phi) is 1.72. The maximum Gasteiger partial charge on any atom is 0.0690 e. The SMILES string of the molecule is N#CC12CC3C[C@H](C1)C(I)[C@@H](C3)C2. The number of nitrogens with zero attached hydrogens (tertiary/aromatic N) is 1. The van der Waals surface area contributed by atoms with Gasteiger partial charge in [0.15, 0.2) is 0 Å². The molecule has 0 aromatic carbocycles. The number of halogens is 1. The highest BCUT2D eigenvalue weighted by Crippen LogP contribution is 2.61. The quantitative estimate of drug-likeness (QED) is 0.496. The summed E-state index contributed by atoms with van der Waals surface area (Å²) in [5, 5.41) is 9.27. The lowest BCUT2D eigenvalue weighted by Gasteiger charge is -2.56. The molecule has 4 aliphatic rings. The zero-order valence-corrected chi connectivity index (χ0v) is 9.83. The molecule has 13 heavy (non-hydrogen) atoms. The molecule has 0 aromatic rings. The highest BCUT2D eigenvalue weighted by molar-refractivity contribution is 14.1. The van der Waals surface area contributed by atoms with Crippen molar-refractivity contribution in [3.05, 3.63) is 0 Å². The highest BCUT2D eigenvalue weighted by atomic mass is 127. The second-order valence-electron chi connectivity index (χ2n) is 5.31. The third-order valence-corrected chi connectivity index (χ3v) is 6.43. The molecule has 4 saturated carbocycles. The zero-order chi connectivity index (χ0) is 9.05. The van der Waals surface area contributed by atoms with E-state index in [0.29, 0.717) is 0 Å². The molecule has 2 heteroatoms. The summed E-state index contributed by atoms with van der Waals surface area (Å²) in [7, 11) is 0. The molecule has 0 radical (unpaired) electrons. The molecule has 0 N–H and O–H groups in total. The van der Waals surface area contributed by atoms with Crippen molar-refractivity contribution in [1.29, 1.82) is 5.26 Å². The fourth-order valence-corrected chi connectivity index (χ4v) is 5.19. The van der Waals surface area contributed by atoms with E-state index in [1.165, 1.54) is 32.1 Å². The number of hydrogen-bond donors (Lipinski definition) is 0. The minimum Gasteiger partial charge on any atom is -0.198 e. The van der Waals surface area contributed by atoms with Crippen LogP contribution in [0.3, 0.4) is 0 Å². The van der Waals surface area contributed by atoms with Crippen molar-refractivity contribution in [2.24, 2.45) is 23.2 Å². The zero-order valence-electron chi connectivity index (χ0n) is 7.67. The van der Waals surface area contributed by atoms with Crippen LogP contribution >= 0.6 is 22.6 Å². The first-order valence-corrected chi connectivity index (χ1v) is 6.52. The van der Waals surface area contributed by atoms with E-state index in [0.717, 1.165) is 21.7 Å². The molecule has 4 rings (SSSR count). The maximum atomic E-state index is 9.27.